The van der Waals surface area contributed by atoms with Crippen molar-refractivity contribution < 1.29 is 9.84 Å². The summed E-state index contributed by atoms with van der Waals surface area (Å²) in [5.41, 5.74) is 3.96. The van der Waals surface area contributed by atoms with Gasteiger partial charge in [-0.25, -0.2) is 9.98 Å². The smallest absolute Gasteiger partial charge is 0.227 e. The van der Waals surface area contributed by atoms with Crippen molar-refractivity contribution in [3.63, 3.8) is 0 Å². The van der Waals surface area contributed by atoms with Crippen molar-refractivity contribution >= 4 is 29.0 Å². The highest BCUT2D eigenvalue weighted by Gasteiger charge is 2.27. The third-order valence-corrected chi connectivity index (χ3v) is 4.90. The number of ether oxygens (including phenoxy) is 1. The highest BCUT2D eigenvalue weighted by Crippen LogP contribution is 2.36. The lowest BCUT2D eigenvalue weighted by atomic mass is 10.2. The minimum absolute atomic E-state index is 0.0560. The van der Waals surface area contributed by atoms with Gasteiger partial charge < -0.3 is 25.0 Å². The molecule has 2 N–H and O–H groups in total. The molecule has 2 aromatic rings. The van der Waals surface area contributed by atoms with E-state index in [1.54, 1.807) is 0 Å². The van der Waals surface area contributed by atoms with E-state index in [0.29, 0.717) is 32.1 Å². The molecule has 0 bridgehead atoms. The lowest BCUT2D eigenvalue weighted by molar-refractivity contribution is 0.122. The first-order valence-electron chi connectivity index (χ1n) is 9.61. The number of aryl methyl sites for hydroxylation is 1. The SMILES string of the molecule is Cc1cccc(NC2=Nc3c(nc(N(C)CCO)nc3N3CCOCC3)C2)c1. The second-order valence-electron chi connectivity index (χ2n) is 7.12. The van der Waals surface area contributed by atoms with Crippen LogP contribution in [0.3, 0.4) is 0 Å². The Hall–Kier alpha value is -2.71. The van der Waals surface area contributed by atoms with Gasteiger partial charge in [0.05, 0.1) is 31.9 Å². The number of aliphatic hydroxyl groups is 1. The maximum absolute atomic E-state index is 9.28. The number of likely N-dealkylation sites (N-methyl/N-ethyl adjacent to an activating group) is 1. The summed E-state index contributed by atoms with van der Waals surface area (Å²) in [5, 5.41) is 12.7. The number of hydrogen-bond acceptors (Lipinski definition) is 8. The summed E-state index contributed by atoms with van der Waals surface area (Å²) in [6.07, 6.45) is 0.628. The monoisotopic (exact) mass is 382 g/mol. The molecule has 0 unspecified atom stereocenters. The van der Waals surface area contributed by atoms with E-state index >= 15 is 0 Å². The number of nitrogens with one attached hydrogen (secondary N) is 1. The van der Waals surface area contributed by atoms with Crippen molar-refractivity contribution in [3.8, 4) is 0 Å². The van der Waals surface area contributed by atoms with Crippen LogP contribution in [0, 0.1) is 6.92 Å². The Balaban J connectivity index is 1.66. The molecule has 1 saturated heterocycles. The molecule has 0 atom stereocenters. The van der Waals surface area contributed by atoms with Crippen LogP contribution in [0.15, 0.2) is 29.3 Å². The van der Waals surface area contributed by atoms with Gasteiger partial charge in [0, 0.05) is 32.4 Å². The summed E-state index contributed by atoms with van der Waals surface area (Å²) < 4.78 is 5.49. The number of amidine groups is 1. The van der Waals surface area contributed by atoms with Gasteiger partial charge in [0.1, 0.15) is 11.5 Å². The average molecular weight is 382 g/mol. The Bertz CT molecular complexity index is 879. The highest BCUT2D eigenvalue weighted by molar-refractivity contribution is 6.03. The summed E-state index contributed by atoms with van der Waals surface area (Å²) in [4.78, 5) is 18.4. The van der Waals surface area contributed by atoms with Gasteiger partial charge in [0.15, 0.2) is 5.82 Å². The van der Waals surface area contributed by atoms with Gasteiger partial charge >= 0.3 is 0 Å². The van der Waals surface area contributed by atoms with Crippen LogP contribution >= 0.6 is 0 Å². The number of rotatable bonds is 5. The van der Waals surface area contributed by atoms with Crippen molar-refractivity contribution in [1.82, 2.24) is 9.97 Å². The molecule has 1 aromatic carbocycles. The molecular formula is C20H26N6O2. The number of aliphatic imine (C=N–C) groups is 1. The molecule has 2 aliphatic rings. The molecule has 0 amide bonds. The molecule has 1 fully saturated rings. The molecule has 148 valence electrons. The highest BCUT2D eigenvalue weighted by atomic mass is 16.5. The van der Waals surface area contributed by atoms with Crippen LogP contribution in [0.4, 0.5) is 23.1 Å². The predicted molar refractivity (Wildman–Crippen MR) is 111 cm³/mol. The first-order chi connectivity index (χ1) is 13.6. The minimum Gasteiger partial charge on any atom is -0.395 e. The molecular weight excluding hydrogens is 356 g/mol. The summed E-state index contributed by atoms with van der Waals surface area (Å²) in [6.45, 7) is 5.53. The van der Waals surface area contributed by atoms with Crippen LogP contribution in [0.5, 0.6) is 0 Å². The minimum atomic E-state index is 0.0560. The number of benzene rings is 1. The molecule has 3 heterocycles. The molecule has 0 radical (unpaired) electrons. The van der Waals surface area contributed by atoms with Crippen molar-refractivity contribution in [2.75, 3.05) is 61.6 Å². The second-order valence-corrected chi connectivity index (χ2v) is 7.12. The van der Waals surface area contributed by atoms with Crippen molar-refractivity contribution in [2.24, 2.45) is 4.99 Å². The fraction of sp³-hybridized carbons (Fsp3) is 0.450. The van der Waals surface area contributed by atoms with Crippen LogP contribution in [-0.4, -0.2) is 67.4 Å². The topological polar surface area (TPSA) is 86.1 Å². The summed E-state index contributed by atoms with van der Waals surface area (Å²) in [7, 11) is 1.89. The van der Waals surface area contributed by atoms with Gasteiger partial charge in [-0.05, 0) is 24.6 Å². The molecule has 8 nitrogen and oxygen atoms in total. The van der Waals surface area contributed by atoms with Gasteiger partial charge in [-0.1, -0.05) is 12.1 Å². The number of nitrogens with zero attached hydrogens (tertiary/aromatic N) is 5. The third-order valence-electron chi connectivity index (χ3n) is 4.90. The van der Waals surface area contributed by atoms with Crippen LogP contribution in [0.1, 0.15) is 11.3 Å². The zero-order chi connectivity index (χ0) is 19.5. The molecule has 4 rings (SSSR count). The van der Waals surface area contributed by atoms with Crippen molar-refractivity contribution in [1.29, 1.82) is 0 Å². The predicted octanol–water partition coefficient (Wildman–Crippen LogP) is 1.75. The first-order valence-corrected chi connectivity index (χ1v) is 9.61. The second kappa shape index (κ2) is 8.12. The number of fused-ring (bicyclic) bond motifs is 1. The Morgan fingerprint density at radius 3 is 2.82 bits per heavy atom. The Kier molecular flexibility index (Phi) is 5.40. The number of aliphatic hydroxyl groups excluding tert-OH is 1. The zero-order valence-electron chi connectivity index (χ0n) is 16.4. The number of anilines is 3. The molecule has 8 heteroatoms. The molecule has 0 saturated carbocycles. The van der Waals surface area contributed by atoms with Gasteiger partial charge in [0.2, 0.25) is 5.95 Å². The fourth-order valence-electron chi connectivity index (χ4n) is 3.42. The molecule has 1 aromatic heterocycles. The van der Waals surface area contributed by atoms with E-state index in [0.717, 1.165) is 41.8 Å². The van der Waals surface area contributed by atoms with E-state index in [-0.39, 0.29) is 6.61 Å². The van der Waals surface area contributed by atoms with E-state index in [1.165, 1.54) is 5.56 Å². The van der Waals surface area contributed by atoms with E-state index in [1.807, 2.05) is 24.1 Å². The summed E-state index contributed by atoms with van der Waals surface area (Å²) in [5.74, 6) is 2.32. The Morgan fingerprint density at radius 2 is 2.07 bits per heavy atom. The zero-order valence-corrected chi connectivity index (χ0v) is 16.4. The first kappa shape index (κ1) is 18.6. The van der Waals surface area contributed by atoms with Crippen LogP contribution in [-0.2, 0) is 11.2 Å². The maximum Gasteiger partial charge on any atom is 0.227 e. The normalized spacial score (nSPS) is 16.0. The molecule has 28 heavy (non-hydrogen) atoms. The third kappa shape index (κ3) is 3.93. The fourth-order valence-corrected chi connectivity index (χ4v) is 3.42. The molecule has 0 spiro atoms. The van der Waals surface area contributed by atoms with Crippen LogP contribution < -0.4 is 15.1 Å². The quantitative estimate of drug-likeness (QED) is 0.815. The number of morpholine rings is 1. The number of hydrogen-bond donors (Lipinski definition) is 2. The lowest BCUT2D eigenvalue weighted by Gasteiger charge is -2.29. The molecule has 0 aliphatic carbocycles. The van der Waals surface area contributed by atoms with E-state index in [4.69, 9.17) is 19.7 Å². The average Bonchev–Trinajstić information content (AvgIpc) is 3.10. The van der Waals surface area contributed by atoms with Crippen LogP contribution in [0.25, 0.3) is 0 Å². The van der Waals surface area contributed by atoms with Gasteiger partial charge in [-0.15, -0.1) is 0 Å². The number of aromatic nitrogens is 2. The lowest BCUT2D eigenvalue weighted by Crippen LogP contribution is -2.37. The van der Waals surface area contributed by atoms with Crippen molar-refractivity contribution in [3.05, 3.63) is 35.5 Å². The van der Waals surface area contributed by atoms with Crippen LogP contribution in [0.2, 0.25) is 0 Å². The Labute approximate surface area is 164 Å². The van der Waals surface area contributed by atoms with E-state index in [2.05, 4.69) is 29.3 Å². The molecule has 2 aliphatic heterocycles. The standard InChI is InChI=1S/C20H26N6O2/c1-14-4-3-5-15(12-14)21-17-13-16-18(23-17)19(26-7-10-28-11-8-26)24-20(22-16)25(2)6-9-27/h3-5,12,27H,6-11,13H2,1-2H3,(H,21,23). The van der Waals surface area contributed by atoms with Crippen molar-refractivity contribution in [2.45, 2.75) is 13.3 Å². The Morgan fingerprint density at radius 1 is 1.25 bits per heavy atom. The van der Waals surface area contributed by atoms with Gasteiger partial charge in [0.25, 0.3) is 0 Å². The maximum atomic E-state index is 9.28. The summed E-state index contributed by atoms with van der Waals surface area (Å²) >= 11 is 0. The largest absolute Gasteiger partial charge is 0.395 e. The summed E-state index contributed by atoms with van der Waals surface area (Å²) in [6, 6.07) is 8.23. The van der Waals surface area contributed by atoms with Gasteiger partial charge in [-0.2, -0.15) is 4.98 Å². The van der Waals surface area contributed by atoms with E-state index < -0.39 is 0 Å². The van der Waals surface area contributed by atoms with Gasteiger partial charge in [-0.3, -0.25) is 0 Å². The van der Waals surface area contributed by atoms with E-state index in [9.17, 15) is 5.11 Å².